The van der Waals surface area contributed by atoms with Gasteiger partial charge in [-0.05, 0) is 30.3 Å². The average molecular weight is 287 g/mol. The zero-order valence-electron chi connectivity index (χ0n) is 10.7. The number of benzene rings is 1. The predicted octanol–water partition coefficient (Wildman–Crippen LogP) is 3.59. The fourth-order valence-corrected chi connectivity index (χ4v) is 2.39. The number of aryl methyl sites for hydroxylation is 1. The van der Waals surface area contributed by atoms with Crippen LogP contribution < -0.4 is 0 Å². The number of halogens is 1. The minimum absolute atomic E-state index is 0.176. The lowest BCUT2D eigenvalue weighted by atomic mass is 10.2. The Hall–Kier alpha value is -2.33. The molecule has 0 unspecified atom stereocenters. The molecule has 0 saturated carbocycles. The molecule has 20 heavy (non-hydrogen) atoms. The summed E-state index contributed by atoms with van der Waals surface area (Å²) in [5.74, 6) is -0.979. The highest BCUT2D eigenvalue weighted by atomic mass is 35.5. The van der Waals surface area contributed by atoms with E-state index in [-0.39, 0.29) is 5.56 Å². The van der Waals surface area contributed by atoms with Crippen molar-refractivity contribution in [2.75, 3.05) is 0 Å². The van der Waals surface area contributed by atoms with Crippen molar-refractivity contribution in [1.29, 1.82) is 0 Å². The van der Waals surface area contributed by atoms with Crippen LogP contribution in [0.25, 0.3) is 22.3 Å². The van der Waals surface area contributed by atoms with Gasteiger partial charge in [0.2, 0.25) is 0 Å². The van der Waals surface area contributed by atoms with Gasteiger partial charge in [-0.15, -0.1) is 0 Å². The lowest BCUT2D eigenvalue weighted by molar-refractivity contribution is 0.0696. The summed E-state index contributed by atoms with van der Waals surface area (Å²) in [6.45, 7) is 0. The molecule has 2 heterocycles. The van der Waals surface area contributed by atoms with Crippen LogP contribution in [-0.2, 0) is 7.05 Å². The quantitative estimate of drug-likeness (QED) is 0.783. The molecule has 100 valence electrons. The number of carbonyl (C=O) groups is 1. The van der Waals surface area contributed by atoms with Crippen LogP contribution in [0.15, 0.2) is 42.6 Å². The number of aromatic carboxylic acids is 1. The van der Waals surface area contributed by atoms with Crippen LogP contribution in [0.2, 0.25) is 5.02 Å². The van der Waals surface area contributed by atoms with Gasteiger partial charge in [0.25, 0.3) is 0 Å². The number of nitrogens with zero attached hydrogens (tertiary/aromatic N) is 2. The molecule has 4 nitrogen and oxygen atoms in total. The Labute approximate surface area is 120 Å². The second kappa shape index (κ2) is 4.65. The molecule has 1 N–H and O–H groups in total. The van der Waals surface area contributed by atoms with E-state index in [0.29, 0.717) is 5.02 Å². The van der Waals surface area contributed by atoms with Crippen LogP contribution in [0.1, 0.15) is 10.4 Å². The van der Waals surface area contributed by atoms with E-state index < -0.39 is 5.97 Å². The Morgan fingerprint density at radius 2 is 2.05 bits per heavy atom. The first-order chi connectivity index (χ1) is 9.56. The number of carboxylic acids is 1. The van der Waals surface area contributed by atoms with E-state index in [1.165, 1.54) is 6.20 Å². The van der Waals surface area contributed by atoms with Gasteiger partial charge in [-0.3, -0.25) is 4.98 Å². The Kier molecular flexibility index (Phi) is 2.95. The van der Waals surface area contributed by atoms with Crippen LogP contribution >= 0.6 is 11.6 Å². The van der Waals surface area contributed by atoms with Gasteiger partial charge in [0.1, 0.15) is 0 Å². The zero-order chi connectivity index (χ0) is 14.3. The van der Waals surface area contributed by atoms with E-state index in [0.717, 1.165) is 22.3 Å². The van der Waals surface area contributed by atoms with E-state index >= 15 is 0 Å². The molecule has 0 fully saturated rings. The Morgan fingerprint density at radius 3 is 2.70 bits per heavy atom. The molecule has 3 aromatic rings. The van der Waals surface area contributed by atoms with Crippen LogP contribution in [0.3, 0.4) is 0 Å². The van der Waals surface area contributed by atoms with Gasteiger partial charge in [0.05, 0.1) is 17.0 Å². The van der Waals surface area contributed by atoms with E-state index in [2.05, 4.69) is 4.98 Å². The molecule has 0 bridgehead atoms. The molecule has 2 aromatic heterocycles. The van der Waals surface area contributed by atoms with Crippen LogP contribution in [-0.4, -0.2) is 20.6 Å². The number of pyridine rings is 1. The maximum absolute atomic E-state index is 10.8. The molecule has 5 heteroatoms. The Balaban J connectivity index is 2.14. The molecule has 0 aliphatic carbocycles. The predicted molar refractivity (Wildman–Crippen MR) is 78.1 cm³/mol. The molecular formula is C15H11ClN2O2. The van der Waals surface area contributed by atoms with Crippen molar-refractivity contribution in [3.8, 4) is 11.4 Å². The first kappa shape index (κ1) is 12.7. The molecule has 0 amide bonds. The summed E-state index contributed by atoms with van der Waals surface area (Å²) >= 11 is 6.01. The summed E-state index contributed by atoms with van der Waals surface area (Å²) in [6, 6.07) is 11.0. The van der Waals surface area contributed by atoms with Crippen molar-refractivity contribution in [1.82, 2.24) is 9.55 Å². The largest absolute Gasteiger partial charge is 0.478 e. The van der Waals surface area contributed by atoms with E-state index in [1.54, 1.807) is 12.1 Å². The fraction of sp³-hybridized carbons (Fsp3) is 0.0667. The Bertz CT molecular complexity index is 807. The third-order valence-electron chi connectivity index (χ3n) is 3.28. The van der Waals surface area contributed by atoms with Gasteiger partial charge in [0.15, 0.2) is 0 Å². The molecule has 0 aliphatic heterocycles. The summed E-state index contributed by atoms with van der Waals surface area (Å²) in [6.07, 6.45) is 1.36. The summed E-state index contributed by atoms with van der Waals surface area (Å²) < 4.78 is 1.99. The summed E-state index contributed by atoms with van der Waals surface area (Å²) in [5.41, 5.74) is 2.83. The van der Waals surface area contributed by atoms with Gasteiger partial charge < -0.3 is 9.67 Å². The number of hydrogen-bond acceptors (Lipinski definition) is 2. The summed E-state index contributed by atoms with van der Waals surface area (Å²) in [4.78, 5) is 15.0. The van der Waals surface area contributed by atoms with Gasteiger partial charge in [0, 0.05) is 29.2 Å². The van der Waals surface area contributed by atoms with Gasteiger partial charge in [-0.25, -0.2) is 4.79 Å². The molecular weight excluding hydrogens is 276 g/mol. The molecule has 0 atom stereocenters. The van der Waals surface area contributed by atoms with Gasteiger partial charge in [-0.2, -0.15) is 0 Å². The molecule has 1 aromatic carbocycles. The van der Waals surface area contributed by atoms with Crippen LogP contribution in [0.4, 0.5) is 0 Å². The van der Waals surface area contributed by atoms with Crippen LogP contribution in [0, 0.1) is 0 Å². The van der Waals surface area contributed by atoms with Crippen molar-refractivity contribution in [2.45, 2.75) is 0 Å². The SMILES string of the molecule is Cn1c(-c2ccc(C(=O)O)cn2)cc2ccc(Cl)cc21. The minimum atomic E-state index is -0.979. The van der Waals surface area contributed by atoms with Crippen LogP contribution in [0.5, 0.6) is 0 Å². The molecule has 0 aliphatic rings. The van der Waals surface area contributed by atoms with Crippen molar-refractivity contribution in [3.63, 3.8) is 0 Å². The maximum Gasteiger partial charge on any atom is 0.337 e. The van der Waals surface area contributed by atoms with Crippen molar-refractivity contribution in [2.24, 2.45) is 7.05 Å². The smallest absolute Gasteiger partial charge is 0.337 e. The number of fused-ring (bicyclic) bond motifs is 1. The van der Waals surface area contributed by atoms with Gasteiger partial charge in [-0.1, -0.05) is 17.7 Å². The van der Waals surface area contributed by atoms with Crippen molar-refractivity contribution < 1.29 is 9.90 Å². The molecule has 0 saturated heterocycles. The van der Waals surface area contributed by atoms with Crippen molar-refractivity contribution in [3.05, 3.63) is 53.2 Å². The maximum atomic E-state index is 10.8. The number of rotatable bonds is 2. The fourth-order valence-electron chi connectivity index (χ4n) is 2.22. The highest BCUT2D eigenvalue weighted by molar-refractivity contribution is 6.31. The number of hydrogen-bond donors (Lipinski definition) is 1. The third kappa shape index (κ3) is 2.04. The highest BCUT2D eigenvalue weighted by Gasteiger charge is 2.10. The standard InChI is InChI=1S/C15H11ClN2O2/c1-18-13-7-11(16)4-2-9(13)6-14(18)12-5-3-10(8-17-12)15(19)20/h2-8H,1H3,(H,19,20). The first-order valence-electron chi connectivity index (χ1n) is 6.01. The van der Waals surface area contributed by atoms with Crippen molar-refractivity contribution >= 4 is 28.5 Å². The second-order valence-corrected chi connectivity index (χ2v) is 4.97. The minimum Gasteiger partial charge on any atom is -0.478 e. The third-order valence-corrected chi connectivity index (χ3v) is 3.52. The van der Waals surface area contributed by atoms with E-state index in [1.807, 2.05) is 35.9 Å². The number of aromatic nitrogens is 2. The summed E-state index contributed by atoms with van der Waals surface area (Å²) in [7, 11) is 1.93. The topological polar surface area (TPSA) is 55.1 Å². The zero-order valence-corrected chi connectivity index (χ0v) is 11.4. The molecule has 0 radical (unpaired) electrons. The average Bonchev–Trinajstić information content (AvgIpc) is 2.76. The van der Waals surface area contributed by atoms with E-state index in [4.69, 9.17) is 16.7 Å². The van der Waals surface area contributed by atoms with E-state index in [9.17, 15) is 4.79 Å². The highest BCUT2D eigenvalue weighted by Crippen LogP contribution is 2.28. The monoisotopic (exact) mass is 286 g/mol. The first-order valence-corrected chi connectivity index (χ1v) is 6.39. The molecule has 3 rings (SSSR count). The Morgan fingerprint density at radius 1 is 1.25 bits per heavy atom. The summed E-state index contributed by atoms with van der Waals surface area (Å²) in [5, 5.41) is 10.6. The lowest BCUT2D eigenvalue weighted by Crippen LogP contribution is -1.98. The molecule has 0 spiro atoms. The lowest BCUT2D eigenvalue weighted by Gasteiger charge is -2.04. The van der Waals surface area contributed by atoms with Gasteiger partial charge >= 0.3 is 5.97 Å². The normalized spacial score (nSPS) is 10.9. The number of carboxylic acid groups (broad SMARTS) is 1. The second-order valence-electron chi connectivity index (χ2n) is 4.53.